The lowest BCUT2D eigenvalue weighted by molar-refractivity contribution is -0.0762. The molecule has 2 N–H and O–H groups in total. The first-order chi connectivity index (χ1) is 9.52. The number of benzene rings is 1. The highest BCUT2D eigenvalue weighted by atomic mass is 16.5. The Labute approximate surface area is 123 Å². The van der Waals surface area contributed by atoms with Crippen molar-refractivity contribution < 1.29 is 4.74 Å². The average molecular weight is 276 g/mol. The van der Waals surface area contributed by atoms with Crippen LogP contribution in [0.3, 0.4) is 0 Å². The molecule has 3 nitrogen and oxygen atoms in total. The molecule has 4 atom stereocenters. The predicted molar refractivity (Wildman–Crippen MR) is 83.8 cm³/mol. The zero-order valence-corrected chi connectivity index (χ0v) is 13.2. The van der Waals surface area contributed by atoms with Crippen LogP contribution in [0.2, 0.25) is 0 Å². The molecule has 0 saturated carbocycles. The molecule has 0 spiro atoms. The van der Waals surface area contributed by atoms with Crippen LogP contribution in [-0.2, 0) is 4.74 Å². The maximum atomic E-state index is 6.32. The molecule has 1 fully saturated rings. The third-order valence-electron chi connectivity index (χ3n) is 4.26. The zero-order valence-electron chi connectivity index (χ0n) is 13.2. The highest BCUT2D eigenvalue weighted by Gasteiger charge is 2.33. The van der Waals surface area contributed by atoms with Crippen molar-refractivity contribution in [1.82, 2.24) is 4.90 Å². The number of nitrogens with zero attached hydrogens (tertiary/aromatic N) is 1. The average Bonchev–Trinajstić information content (AvgIpc) is 2.41. The van der Waals surface area contributed by atoms with Gasteiger partial charge in [0.05, 0.1) is 18.8 Å². The second-order valence-corrected chi connectivity index (χ2v) is 6.12. The maximum Gasteiger partial charge on any atom is 0.0675 e. The van der Waals surface area contributed by atoms with Gasteiger partial charge < -0.3 is 10.5 Å². The second kappa shape index (κ2) is 6.70. The Morgan fingerprint density at radius 3 is 2.55 bits per heavy atom. The second-order valence-electron chi connectivity index (χ2n) is 6.12. The molecule has 3 heteroatoms. The van der Waals surface area contributed by atoms with Gasteiger partial charge in [-0.2, -0.15) is 0 Å². The third-order valence-corrected chi connectivity index (χ3v) is 4.26. The van der Waals surface area contributed by atoms with Crippen molar-refractivity contribution in [2.75, 3.05) is 13.2 Å². The molecule has 2 rings (SSSR count). The fourth-order valence-electron chi connectivity index (χ4n) is 3.12. The summed E-state index contributed by atoms with van der Waals surface area (Å²) in [6, 6.07) is 9.63. The highest BCUT2D eigenvalue weighted by Crippen LogP contribution is 2.29. The van der Waals surface area contributed by atoms with Crippen molar-refractivity contribution in [2.24, 2.45) is 5.73 Å². The van der Waals surface area contributed by atoms with E-state index in [9.17, 15) is 0 Å². The van der Waals surface area contributed by atoms with E-state index in [1.165, 1.54) is 11.1 Å². The van der Waals surface area contributed by atoms with Crippen molar-refractivity contribution in [3.05, 3.63) is 35.4 Å². The van der Waals surface area contributed by atoms with Crippen LogP contribution in [0, 0.1) is 6.92 Å². The summed E-state index contributed by atoms with van der Waals surface area (Å²) in [5.41, 5.74) is 8.93. The van der Waals surface area contributed by atoms with Crippen LogP contribution in [0.25, 0.3) is 0 Å². The number of morpholine rings is 1. The lowest BCUT2D eigenvalue weighted by atomic mass is 9.95. The molecule has 0 amide bonds. The first kappa shape index (κ1) is 15.5. The van der Waals surface area contributed by atoms with E-state index in [0.29, 0.717) is 6.04 Å². The number of aryl methyl sites for hydroxylation is 1. The van der Waals surface area contributed by atoms with Gasteiger partial charge in [-0.3, -0.25) is 4.90 Å². The van der Waals surface area contributed by atoms with Gasteiger partial charge in [0.25, 0.3) is 0 Å². The van der Waals surface area contributed by atoms with Crippen LogP contribution in [0.1, 0.15) is 44.4 Å². The van der Waals surface area contributed by atoms with Crippen LogP contribution >= 0.6 is 0 Å². The molecule has 112 valence electrons. The van der Waals surface area contributed by atoms with E-state index in [1.54, 1.807) is 0 Å². The number of nitrogens with two attached hydrogens (primary N) is 1. The summed E-state index contributed by atoms with van der Waals surface area (Å²) in [5.74, 6) is 0. The smallest absolute Gasteiger partial charge is 0.0675 e. The Morgan fingerprint density at radius 2 is 2.00 bits per heavy atom. The molecule has 0 radical (unpaired) electrons. The van der Waals surface area contributed by atoms with E-state index in [4.69, 9.17) is 10.5 Å². The summed E-state index contributed by atoms with van der Waals surface area (Å²) in [6.07, 6.45) is 1.38. The van der Waals surface area contributed by atoms with Crippen molar-refractivity contribution in [2.45, 2.75) is 58.3 Å². The molecule has 1 heterocycles. The van der Waals surface area contributed by atoms with Crippen LogP contribution in [0.15, 0.2) is 24.3 Å². The minimum Gasteiger partial charge on any atom is -0.376 e. The quantitative estimate of drug-likeness (QED) is 0.919. The lowest BCUT2D eigenvalue weighted by Gasteiger charge is -2.44. The molecule has 1 aromatic rings. The SMILES string of the molecule is CCC1COC(C)CN1C(c1ccc(C)cc1)C(C)N. The van der Waals surface area contributed by atoms with E-state index >= 15 is 0 Å². The van der Waals surface area contributed by atoms with Gasteiger partial charge in [0.1, 0.15) is 0 Å². The predicted octanol–water partition coefficient (Wildman–Crippen LogP) is 2.88. The topological polar surface area (TPSA) is 38.5 Å². The van der Waals surface area contributed by atoms with E-state index < -0.39 is 0 Å². The Balaban J connectivity index is 2.28. The van der Waals surface area contributed by atoms with Gasteiger partial charge in [-0.25, -0.2) is 0 Å². The van der Waals surface area contributed by atoms with Gasteiger partial charge >= 0.3 is 0 Å². The van der Waals surface area contributed by atoms with Crippen LogP contribution in [0.4, 0.5) is 0 Å². The van der Waals surface area contributed by atoms with Crippen LogP contribution in [0.5, 0.6) is 0 Å². The van der Waals surface area contributed by atoms with Crippen LogP contribution in [-0.4, -0.2) is 36.2 Å². The summed E-state index contributed by atoms with van der Waals surface area (Å²) < 4.78 is 5.81. The minimum atomic E-state index is 0.108. The van der Waals surface area contributed by atoms with Crippen molar-refractivity contribution in [3.63, 3.8) is 0 Å². The fraction of sp³-hybridized carbons (Fsp3) is 0.647. The molecule has 20 heavy (non-hydrogen) atoms. The molecule has 0 bridgehead atoms. The number of hydrogen-bond acceptors (Lipinski definition) is 3. The summed E-state index contributed by atoms with van der Waals surface area (Å²) in [6.45, 7) is 10.4. The number of ether oxygens (including phenoxy) is 1. The largest absolute Gasteiger partial charge is 0.376 e. The normalized spacial score (nSPS) is 27.2. The summed E-state index contributed by atoms with van der Waals surface area (Å²) in [7, 11) is 0. The summed E-state index contributed by atoms with van der Waals surface area (Å²) in [4.78, 5) is 2.55. The summed E-state index contributed by atoms with van der Waals surface area (Å²) >= 11 is 0. The Bertz CT molecular complexity index is 416. The van der Waals surface area contributed by atoms with Gasteiger partial charge in [-0.1, -0.05) is 36.8 Å². The number of rotatable bonds is 4. The Morgan fingerprint density at radius 1 is 1.35 bits per heavy atom. The molecule has 0 aromatic heterocycles. The van der Waals surface area contributed by atoms with E-state index in [1.807, 2.05) is 0 Å². The molecule has 1 aliphatic heterocycles. The first-order valence-electron chi connectivity index (χ1n) is 7.72. The van der Waals surface area contributed by atoms with Gasteiger partial charge in [-0.15, -0.1) is 0 Å². The zero-order chi connectivity index (χ0) is 14.7. The van der Waals surface area contributed by atoms with Gasteiger partial charge in [0.2, 0.25) is 0 Å². The summed E-state index contributed by atoms with van der Waals surface area (Å²) in [5, 5.41) is 0. The van der Waals surface area contributed by atoms with E-state index in [-0.39, 0.29) is 18.2 Å². The van der Waals surface area contributed by atoms with Crippen LogP contribution < -0.4 is 5.73 Å². The maximum absolute atomic E-state index is 6.32. The van der Waals surface area contributed by atoms with Gasteiger partial charge in [0, 0.05) is 18.6 Å². The third kappa shape index (κ3) is 3.40. The minimum absolute atomic E-state index is 0.108. The first-order valence-corrected chi connectivity index (χ1v) is 7.72. The highest BCUT2D eigenvalue weighted by molar-refractivity contribution is 5.25. The molecular formula is C17H28N2O. The molecule has 4 unspecified atom stereocenters. The molecule has 1 saturated heterocycles. The van der Waals surface area contributed by atoms with Crippen molar-refractivity contribution >= 4 is 0 Å². The monoisotopic (exact) mass is 276 g/mol. The van der Waals surface area contributed by atoms with Crippen molar-refractivity contribution in [3.8, 4) is 0 Å². The fourth-order valence-corrected chi connectivity index (χ4v) is 3.12. The van der Waals surface area contributed by atoms with E-state index in [0.717, 1.165) is 19.6 Å². The molecule has 0 aliphatic carbocycles. The number of hydrogen-bond donors (Lipinski definition) is 1. The molecule has 1 aliphatic rings. The standard InChI is InChI=1S/C17H28N2O/c1-5-16-11-20-13(3)10-19(16)17(14(4)18)15-8-6-12(2)7-9-15/h6-9,13-14,16-17H,5,10-11,18H2,1-4H3. The van der Waals surface area contributed by atoms with Gasteiger partial charge in [0.15, 0.2) is 0 Å². The Kier molecular flexibility index (Phi) is 5.19. The van der Waals surface area contributed by atoms with Gasteiger partial charge in [-0.05, 0) is 32.8 Å². The molecule has 1 aromatic carbocycles. The Hall–Kier alpha value is -0.900. The molecular weight excluding hydrogens is 248 g/mol. The van der Waals surface area contributed by atoms with E-state index in [2.05, 4.69) is 56.9 Å². The van der Waals surface area contributed by atoms with Crippen molar-refractivity contribution in [1.29, 1.82) is 0 Å². The lowest BCUT2D eigenvalue weighted by Crippen LogP contribution is -2.53.